The van der Waals surface area contributed by atoms with Gasteiger partial charge < -0.3 is 5.11 Å². The van der Waals surface area contributed by atoms with Gasteiger partial charge in [-0.05, 0) is 23.8 Å². The summed E-state index contributed by atoms with van der Waals surface area (Å²) in [5.41, 5.74) is 1.97. The van der Waals surface area contributed by atoms with Crippen molar-refractivity contribution in [2.75, 3.05) is 0 Å². The van der Waals surface area contributed by atoms with E-state index in [-0.39, 0.29) is 12.1 Å². The molecular formula is C16H13BrN4O3. The highest BCUT2D eigenvalue weighted by atomic mass is 79.9. The smallest absolute Gasteiger partial charge is 0.273 e. The number of nitrogens with zero attached hydrogens (tertiary/aromatic N) is 4. The van der Waals surface area contributed by atoms with Crippen LogP contribution in [0.25, 0.3) is 5.69 Å². The fourth-order valence-corrected chi connectivity index (χ4v) is 2.75. The first-order valence-electron chi connectivity index (χ1n) is 7.10. The molecular weight excluding hydrogens is 376 g/mol. The Morgan fingerprint density at radius 3 is 2.62 bits per heavy atom. The van der Waals surface area contributed by atoms with Crippen molar-refractivity contribution in [1.29, 1.82) is 0 Å². The number of benzene rings is 2. The van der Waals surface area contributed by atoms with Crippen molar-refractivity contribution in [2.45, 2.75) is 12.5 Å². The molecule has 0 saturated heterocycles. The van der Waals surface area contributed by atoms with Gasteiger partial charge in [-0.3, -0.25) is 10.1 Å². The molecule has 1 atom stereocenters. The van der Waals surface area contributed by atoms with E-state index in [0.717, 1.165) is 5.69 Å². The van der Waals surface area contributed by atoms with Crippen LogP contribution in [0.5, 0.6) is 0 Å². The molecule has 8 heteroatoms. The molecule has 0 radical (unpaired) electrons. The number of rotatable bonds is 5. The summed E-state index contributed by atoms with van der Waals surface area (Å²) >= 11 is 3.22. The molecule has 1 N–H and O–H groups in total. The van der Waals surface area contributed by atoms with Crippen molar-refractivity contribution in [2.24, 2.45) is 0 Å². The molecule has 7 nitrogen and oxygen atoms in total. The highest BCUT2D eigenvalue weighted by molar-refractivity contribution is 9.10. The van der Waals surface area contributed by atoms with E-state index in [1.54, 1.807) is 35.3 Å². The summed E-state index contributed by atoms with van der Waals surface area (Å²) in [5, 5.41) is 25.6. The predicted octanol–water partition coefficient (Wildman–Crippen LogP) is 3.21. The lowest BCUT2D eigenvalue weighted by Crippen LogP contribution is -2.05. The summed E-state index contributed by atoms with van der Waals surface area (Å²) in [7, 11) is 0. The molecule has 0 aliphatic heterocycles. The van der Waals surface area contributed by atoms with Gasteiger partial charge in [-0.1, -0.05) is 34.1 Å². The zero-order valence-corrected chi connectivity index (χ0v) is 14.0. The number of aliphatic hydroxyl groups is 1. The molecule has 0 fully saturated rings. The summed E-state index contributed by atoms with van der Waals surface area (Å²) < 4.78 is 2.24. The molecule has 0 saturated carbocycles. The number of hydrogen-bond acceptors (Lipinski definition) is 5. The summed E-state index contributed by atoms with van der Waals surface area (Å²) in [6.45, 7) is 0. The molecule has 0 aliphatic carbocycles. The fourth-order valence-electron chi connectivity index (χ4n) is 2.40. The van der Waals surface area contributed by atoms with Crippen LogP contribution in [-0.4, -0.2) is 24.8 Å². The topological polar surface area (TPSA) is 94.1 Å². The minimum Gasteiger partial charge on any atom is -0.388 e. The maximum absolute atomic E-state index is 11.2. The number of hydrogen-bond donors (Lipinski definition) is 1. The highest BCUT2D eigenvalue weighted by Gasteiger charge is 2.18. The maximum Gasteiger partial charge on any atom is 0.273 e. The molecule has 3 rings (SSSR count). The quantitative estimate of drug-likeness (QED) is 0.534. The van der Waals surface area contributed by atoms with Crippen LogP contribution in [0, 0.1) is 10.1 Å². The van der Waals surface area contributed by atoms with Crippen molar-refractivity contribution in [3.05, 3.63) is 80.8 Å². The zero-order chi connectivity index (χ0) is 17.1. The van der Waals surface area contributed by atoms with Crippen LogP contribution in [0.2, 0.25) is 0 Å². The van der Waals surface area contributed by atoms with Gasteiger partial charge in [-0.2, -0.15) is 5.10 Å². The van der Waals surface area contributed by atoms with Gasteiger partial charge in [0.15, 0.2) is 0 Å². The minimum atomic E-state index is -0.838. The molecule has 24 heavy (non-hydrogen) atoms. The van der Waals surface area contributed by atoms with Crippen molar-refractivity contribution in [3.63, 3.8) is 0 Å². The Bertz CT molecular complexity index is 850. The molecule has 0 spiro atoms. The zero-order valence-electron chi connectivity index (χ0n) is 12.4. The second-order valence-electron chi connectivity index (χ2n) is 5.18. The average molecular weight is 389 g/mol. The lowest BCUT2D eigenvalue weighted by Gasteiger charge is -2.12. The Hall–Kier alpha value is -2.58. The van der Waals surface area contributed by atoms with Crippen LogP contribution in [0.15, 0.2) is 59.6 Å². The second-order valence-corrected chi connectivity index (χ2v) is 6.10. The monoisotopic (exact) mass is 388 g/mol. The first kappa shape index (κ1) is 16.3. The van der Waals surface area contributed by atoms with E-state index in [4.69, 9.17) is 0 Å². The van der Waals surface area contributed by atoms with Crippen LogP contribution in [-0.2, 0) is 6.42 Å². The molecule has 1 heterocycles. The normalized spacial score (nSPS) is 12.1. The molecule has 0 bridgehead atoms. The number of nitro groups is 1. The van der Waals surface area contributed by atoms with Gasteiger partial charge in [0, 0.05) is 22.5 Å². The number of aliphatic hydroxyl groups excluding tert-OH is 1. The van der Waals surface area contributed by atoms with Gasteiger partial charge in [0.1, 0.15) is 12.7 Å². The number of halogens is 1. The van der Waals surface area contributed by atoms with Crippen LogP contribution in [0.4, 0.5) is 5.69 Å². The third-order valence-corrected chi connectivity index (χ3v) is 4.11. The van der Waals surface area contributed by atoms with Crippen LogP contribution in [0.3, 0.4) is 0 Å². The molecule has 0 amide bonds. The van der Waals surface area contributed by atoms with Gasteiger partial charge in [-0.25, -0.2) is 9.67 Å². The SMILES string of the molecule is O=[N+]([O-])c1cc(Br)ccc1CC(O)c1ccc(-n2cncn2)cc1. The summed E-state index contributed by atoms with van der Waals surface area (Å²) in [6.07, 6.45) is 2.34. The van der Waals surface area contributed by atoms with E-state index in [9.17, 15) is 15.2 Å². The first-order valence-corrected chi connectivity index (χ1v) is 7.90. The summed E-state index contributed by atoms with van der Waals surface area (Å²) in [6, 6.07) is 12.0. The van der Waals surface area contributed by atoms with E-state index in [1.165, 1.54) is 12.4 Å². The van der Waals surface area contributed by atoms with Crippen molar-refractivity contribution in [3.8, 4) is 5.69 Å². The fraction of sp³-hybridized carbons (Fsp3) is 0.125. The Morgan fingerprint density at radius 1 is 1.25 bits per heavy atom. The van der Waals surface area contributed by atoms with Gasteiger partial charge in [0.25, 0.3) is 5.69 Å². The van der Waals surface area contributed by atoms with Gasteiger partial charge in [-0.15, -0.1) is 0 Å². The molecule has 0 aliphatic rings. The Balaban J connectivity index is 1.80. The number of aromatic nitrogens is 3. The summed E-state index contributed by atoms with van der Waals surface area (Å²) in [4.78, 5) is 14.6. The Morgan fingerprint density at radius 2 is 2.00 bits per heavy atom. The first-order chi connectivity index (χ1) is 11.5. The molecule has 1 aromatic heterocycles. The van der Waals surface area contributed by atoms with Crippen LogP contribution >= 0.6 is 15.9 Å². The van der Waals surface area contributed by atoms with Crippen molar-refractivity contribution >= 4 is 21.6 Å². The Kier molecular flexibility index (Phi) is 4.68. The lowest BCUT2D eigenvalue weighted by molar-refractivity contribution is -0.385. The molecule has 1 unspecified atom stereocenters. The third-order valence-electron chi connectivity index (χ3n) is 3.62. The maximum atomic E-state index is 11.2. The van der Waals surface area contributed by atoms with Gasteiger partial charge in [0.2, 0.25) is 0 Å². The second kappa shape index (κ2) is 6.90. The van der Waals surface area contributed by atoms with Crippen LogP contribution < -0.4 is 0 Å². The van der Waals surface area contributed by atoms with E-state index < -0.39 is 11.0 Å². The Labute approximate surface area is 145 Å². The van der Waals surface area contributed by atoms with Gasteiger partial charge in [0.05, 0.1) is 16.7 Å². The van der Waals surface area contributed by atoms with E-state index in [2.05, 4.69) is 26.0 Å². The van der Waals surface area contributed by atoms with E-state index in [1.807, 2.05) is 12.1 Å². The minimum absolute atomic E-state index is 0.0114. The molecule has 3 aromatic rings. The molecule has 122 valence electrons. The average Bonchev–Trinajstić information content (AvgIpc) is 3.11. The van der Waals surface area contributed by atoms with E-state index in [0.29, 0.717) is 15.6 Å². The van der Waals surface area contributed by atoms with Crippen molar-refractivity contribution < 1.29 is 10.0 Å². The molecule has 2 aromatic carbocycles. The van der Waals surface area contributed by atoms with Gasteiger partial charge >= 0.3 is 0 Å². The predicted molar refractivity (Wildman–Crippen MR) is 90.8 cm³/mol. The highest BCUT2D eigenvalue weighted by Crippen LogP contribution is 2.28. The summed E-state index contributed by atoms with van der Waals surface area (Å²) in [5.74, 6) is 0. The standard InChI is InChI=1S/C16H13BrN4O3/c17-13-4-1-12(15(8-13)21(23)24)7-16(22)11-2-5-14(6-3-11)20-10-18-9-19-20/h1-6,8-10,16,22H,7H2. The van der Waals surface area contributed by atoms with Crippen LogP contribution in [0.1, 0.15) is 17.2 Å². The van der Waals surface area contributed by atoms with Crippen molar-refractivity contribution in [1.82, 2.24) is 14.8 Å². The lowest BCUT2D eigenvalue weighted by atomic mass is 10.00. The van der Waals surface area contributed by atoms with E-state index >= 15 is 0 Å². The third kappa shape index (κ3) is 3.50. The number of nitro benzene ring substituents is 1. The largest absolute Gasteiger partial charge is 0.388 e.